The van der Waals surface area contributed by atoms with E-state index in [9.17, 15) is 0 Å². The van der Waals surface area contributed by atoms with Crippen LogP contribution in [0.15, 0.2) is 382 Å². The van der Waals surface area contributed by atoms with Gasteiger partial charge in [0.15, 0.2) is 0 Å². The average molecular weight is 1710 g/mol. The van der Waals surface area contributed by atoms with Gasteiger partial charge in [-0.1, -0.05) is 482 Å². The van der Waals surface area contributed by atoms with Crippen LogP contribution in [0.4, 0.5) is 0 Å². The first-order valence-corrected chi connectivity index (χ1v) is 48.5. The second-order valence-corrected chi connectivity index (χ2v) is 37.0. The summed E-state index contributed by atoms with van der Waals surface area (Å²) in [4.78, 5) is 0. The quantitative estimate of drug-likeness (QED) is 0.0311. The van der Waals surface area contributed by atoms with Crippen LogP contribution >= 0.6 is 0 Å². The van der Waals surface area contributed by atoms with Crippen LogP contribution in [0.2, 0.25) is 0 Å². The predicted octanol–water partition coefficient (Wildman–Crippen LogP) is 37.0. The lowest BCUT2D eigenvalue weighted by Gasteiger charge is -2.24. The van der Waals surface area contributed by atoms with E-state index >= 15 is 0 Å². The third-order valence-corrected chi connectivity index (χ3v) is 26.6. The largest absolute Gasteiger partial charge is 0.0654 e. The van der Waals surface area contributed by atoms with Crippen LogP contribution in [0, 0.1) is 62.3 Å². The monoisotopic (exact) mass is 1710 g/mol. The van der Waals surface area contributed by atoms with E-state index in [1.807, 2.05) is 0 Å². The molecule has 0 aromatic heterocycles. The summed E-state index contributed by atoms with van der Waals surface area (Å²) in [5.41, 5.74) is 50.9. The number of benzene rings is 17. The minimum absolute atomic E-state index is 0.0620. The third kappa shape index (κ3) is 24.1. The SMILES string of the molecule is CCCCCCc1cc(-c2ccc(C(c3ccc(-c4ccc(C)cc4)cc3)c3ccc(-c4ccc(CCC)cc4)cc3)cc2C)c(CCCCCC)cc1-c1ccc(C(c2ccc(-c3ccc(C)cc3)cc2)c2ccc(-c3ccc(CCC)cc3)cc2)cc1C.Cc1ccc(-c2cc(-c3ccc(C)cc3)cc(-c3ccc(C)cc3)c2)cc1.Cc1ccc(-c2ccc(C)cc2)cc1. The van der Waals surface area contributed by atoms with Crippen molar-refractivity contribution in [1.29, 1.82) is 0 Å². The van der Waals surface area contributed by atoms with Crippen molar-refractivity contribution in [3.63, 3.8) is 0 Å². The Kier molecular flexibility index (Phi) is 31.6. The van der Waals surface area contributed by atoms with Crippen LogP contribution in [-0.2, 0) is 25.7 Å². The van der Waals surface area contributed by atoms with E-state index in [0.717, 1.165) is 38.5 Å². The summed E-state index contributed by atoms with van der Waals surface area (Å²) in [6.45, 7) is 28.8. The molecule has 0 spiro atoms. The lowest BCUT2D eigenvalue weighted by Crippen LogP contribution is -2.06. The molecule has 2 atom stereocenters. The van der Waals surface area contributed by atoms with Crippen LogP contribution in [0.25, 0.3) is 111 Å². The number of unbranched alkanes of at least 4 members (excludes halogenated alkanes) is 6. The topological polar surface area (TPSA) is 0 Å². The van der Waals surface area contributed by atoms with Gasteiger partial charge in [0, 0.05) is 11.8 Å². The van der Waals surface area contributed by atoms with Crippen molar-refractivity contribution in [1.82, 2.24) is 0 Å². The second kappa shape index (κ2) is 44.8. The van der Waals surface area contributed by atoms with Crippen molar-refractivity contribution in [2.45, 2.75) is 192 Å². The summed E-state index contributed by atoms with van der Waals surface area (Å²) in [5.74, 6) is 0.124. The van der Waals surface area contributed by atoms with Crippen LogP contribution in [0.5, 0.6) is 0 Å². The maximum atomic E-state index is 2.64. The first-order valence-electron chi connectivity index (χ1n) is 48.5. The van der Waals surface area contributed by atoms with Gasteiger partial charge in [-0.2, -0.15) is 0 Å². The molecule has 131 heavy (non-hydrogen) atoms. The van der Waals surface area contributed by atoms with Gasteiger partial charge in [0.25, 0.3) is 0 Å². The van der Waals surface area contributed by atoms with E-state index in [0.29, 0.717) is 0 Å². The van der Waals surface area contributed by atoms with Crippen LogP contribution in [0.1, 0.15) is 209 Å². The van der Waals surface area contributed by atoms with Gasteiger partial charge < -0.3 is 0 Å². The van der Waals surface area contributed by atoms with Crippen molar-refractivity contribution in [3.8, 4) is 111 Å². The van der Waals surface area contributed by atoms with E-state index in [-0.39, 0.29) is 11.8 Å². The van der Waals surface area contributed by atoms with Gasteiger partial charge in [-0.05, 0) is 297 Å². The Morgan fingerprint density at radius 3 is 0.557 bits per heavy atom. The van der Waals surface area contributed by atoms with Gasteiger partial charge in [-0.15, -0.1) is 0 Å². The number of aryl methyl sites for hydroxylation is 13. The van der Waals surface area contributed by atoms with Crippen molar-refractivity contribution in [3.05, 3.63) is 488 Å². The van der Waals surface area contributed by atoms with Gasteiger partial charge in [0.1, 0.15) is 0 Å². The Morgan fingerprint density at radius 1 is 0.153 bits per heavy atom. The molecule has 0 bridgehead atoms. The summed E-state index contributed by atoms with van der Waals surface area (Å²) in [7, 11) is 0. The molecule has 656 valence electrons. The second-order valence-electron chi connectivity index (χ2n) is 37.0. The van der Waals surface area contributed by atoms with E-state index < -0.39 is 0 Å². The molecule has 0 amide bonds. The average Bonchev–Trinajstić information content (AvgIpc) is 0.765. The fraction of sp³-hybridized carbons (Fsp3) is 0.221. The molecule has 17 rings (SSSR count). The van der Waals surface area contributed by atoms with E-state index in [4.69, 9.17) is 0 Å². The zero-order valence-corrected chi connectivity index (χ0v) is 79.9. The lowest BCUT2D eigenvalue weighted by molar-refractivity contribution is 0.664. The van der Waals surface area contributed by atoms with E-state index in [1.165, 1.54) is 268 Å². The molecule has 0 fully saturated rings. The molecule has 0 saturated carbocycles. The zero-order chi connectivity index (χ0) is 91.1. The van der Waals surface area contributed by atoms with Gasteiger partial charge in [-0.25, -0.2) is 0 Å². The Bertz CT molecular complexity index is 6040. The summed E-state index contributed by atoms with van der Waals surface area (Å²) in [6, 6.07) is 144. The van der Waals surface area contributed by atoms with Crippen LogP contribution in [0.3, 0.4) is 0 Å². The van der Waals surface area contributed by atoms with Crippen LogP contribution < -0.4 is 0 Å². The zero-order valence-electron chi connectivity index (χ0n) is 79.9. The highest BCUT2D eigenvalue weighted by atomic mass is 14.3. The van der Waals surface area contributed by atoms with Gasteiger partial charge in [-0.3, -0.25) is 0 Å². The van der Waals surface area contributed by atoms with Crippen LogP contribution in [-0.4, -0.2) is 0 Å². The van der Waals surface area contributed by atoms with Crippen molar-refractivity contribution < 1.29 is 0 Å². The highest BCUT2D eigenvalue weighted by molar-refractivity contribution is 5.84. The summed E-state index contributed by atoms with van der Waals surface area (Å²) in [5, 5.41) is 0. The minimum atomic E-state index is 0.0620. The molecule has 0 N–H and O–H groups in total. The molecule has 0 aliphatic heterocycles. The highest BCUT2D eigenvalue weighted by Gasteiger charge is 2.25. The summed E-state index contributed by atoms with van der Waals surface area (Å²) < 4.78 is 0. The Labute approximate surface area is 785 Å². The number of rotatable bonds is 30. The molecular weight excluding hydrogens is 1570 g/mol. The maximum Gasteiger partial charge on any atom is 0.0340 e. The smallest absolute Gasteiger partial charge is 0.0340 e. The van der Waals surface area contributed by atoms with Gasteiger partial charge >= 0.3 is 0 Å². The van der Waals surface area contributed by atoms with Crippen molar-refractivity contribution in [2.24, 2.45) is 0 Å². The first-order chi connectivity index (χ1) is 63.9. The standard InChI is InChI=1S/C90H94.C27H24.C14H14/c1-9-13-15-17-21-81-61-88(86-58-56-84(60-66(86)8)90(78-49-41-74(42-50-78)70-33-25-64(6)26-34-70)80-53-45-76(46-54-80)72-37-29-68(20-12-4)30-38-72)82(22-18-16-14-10-2)62-87(81)85-57-55-83(59-65(85)7)89(77-47-39-73(40-48-77)69-31-23-63(5)24-32-69)79-51-43-75(44-52-79)71-35-27-67(19-11-3)28-36-71;1-19-4-10-22(11-5-19)25-16-26(23-12-6-20(2)7-13-23)18-27(17-25)24-14-8-21(3)9-15-24;1-11-3-7-13(8-4-11)14-9-5-12(2)6-10-14/h23-62,89-90H,9-22H2,1-8H3;4-18H,1-3H3;3-10H,1-2H3. The minimum Gasteiger partial charge on any atom is -0.0654 e. The molecule has 0 radical (unpaired) electrons. The first kappa shape index (κ1) is 92.5. The van der Waals surface area contributed by atoms with Crippen molar-refractivity contribution >= 4 is 0 Å². The molecule has 2 unspecified atom stereocenters. The fourth-order valence-corrected chi connectivity index (χ4v) is 18.7. The van der Waals surface area contributed by atoms with Gasteiger partial charge in [0.05, 0.1) is 0 Å². The molecule has 17 aromatic rings. The molecule has 0 aliphatic carbocycles. The fourth-order valence-electron chi connectivity index (χ4n) is 18.7. The summed E-state index contributed by atoms with van der Waals surface area (Å²) >= 11 is 0. The summed E-state index contributed by atoms with van der Waals surface area (Å²) in [6.07, 6.45) is 16.5. The molecule has 17 aromatic carbocycles. The molecule has 0 heteroatoms. The normalized spacial score (nSPS) is 11.6. The number of hydrogen-bond donors (Lipinski definition) is 0. The van der Waals surface area contributed by atoms with Gasteiger partial charge in [0.2, 0.25) is 0 Å². The van der Waals surface area contributed by atoms with E-state index in [1.54, 1.807) is 0 Å². The number of hydrogen-bond acceptors (Lipinski definition) is 0. The third-order valence-electron chi connectivity index (χ3n) is 26.6. The Hall–Kier alpha value is -13.3. The van der Waals surface area contributed by atoms with E-state index in [2.05, 4.69) is 472 Å². The molecule has 0 saturated heterocycles. The lowest BCUT2D eigenvalue weighted by atomic mass is 9.80. The maximum absolute atomic E-state index is 2.64. The van der Waals surface area contributed by atoms with Crippen molar-refractivity contribution in [2.75, 3.05) is 0 Å². The molecule has 0 heterocycles. The molecular formula is C131H132. The Morgan fingerprint density at radius 2 is 0.351 bits per heavy atom. The molecule has 0 aliphatic rings. The predicted molar refractivity (Wildman–Crippen MR) is 568 cm³/mol. The molecule has 0 nitrogen and oxygen atoms in total. The Balaban J connectivity index is 0.000000259. The highest BCUT2D eigenvalue weighted by Crippen LogP contribution is 2.44.